The van der Waals surface area contributed by atoms with Crippen molar-refractivity contribution in [3.63, 3.8) is 0 Å². The lowest BCUT2D eigenvalue weighted by atomic mass is 10.0. The first kappa shape index (κ1) is 19.5. The minimum atomic E-state index is -0.278. The number of benzene rings is 3. The van der Waals surface area contributed by atoms with Gasteiger partial charge in [-0.15, -0.1) is 0 Å². The third kappa shape index (κ3) is 3.94. The average molecular weight is 419 g/mol. The van der Waals surface area contributed by atoms with E-state index in [9.17, 15) is 4.79 Å². The molecule has 0 saturated heterocycles. The van der Waals surface area contributed by atoms with Crippen LogP contribution in [0.25, 0.3) is 22.2 Å². The van der Waals surface area contributed by atoms with Crippen LogP contribution in [0.3, 0.4) is 0 Å². The maximum Gasteiger partial charge on any atom is 0.333 e. The van der Waals surface area contributed by atoms with E-state index in [1.807, 2.05) is 91.0 Å². The van der Waals surface area contributed by atoms with Gasteiger partial charge in [0.25, 0.3) is 0 Å². The predicted molar refractivity (Wildman–Crippen MR) is 128 cm³/mol. The molecule has 0 aliphatic carbocycles. The van der Waals surface area contributed by atoms with Crippen molar-refractivity contribution < 1.29 is 4.79 Å². The van der Waals surface area contributed by atoms with Crippen molar-refractivity contribution in [2.75, 3.05) is 10.6 Å². The second-order valence-corrected chi connectivity index (χ2v) is 7.31. The third-order valence-corrected chi connectivity index (χ3v) is 5.22. The van der Waals surface area contributed by atoms with Crippen molar-refractivity contribution in [3.05, 3.63) is 109 Å². The standard InChI is InChI=1S/C26H21N5O/c32-26(30-22-11-5-4-10-21(22)20-8-2-1-3-9-20)31-24-13-7-6-12-23(24)29-25(31)28-18-19-14-16-27-17-15-19/h1-17H,18H2,(H,28,29)(H,30,32). The van der Waals surface area contributed by atoms with Crippen LogP contribution in [0.2, 0.25) is 0 Å². The Labute approximate surface area is 185 Å². The van der Waals surface area contributed by atoms with Crippen molar-refractivity contribution in [1.29, 1.82) is 0 Å². The van der Waals surface area contributed by atoms with Gasteiger partial charge in [0.2, 0.25) is 5.95 Å². The minimum absolute atomic E-state index is 0.278. The van der Waals surface area contributed by atoms with E-state index in [-0.39, 0.29) is 6.03 Å². The summed E-state index contributed by atoms with van der Waals surface area (Å²) in [4.78, 5) is 22.2. The Hall–Kier alpha value is -4.45. The van der Waals surface area contributed by atoms with E-state index in [2.05, 4.69) is 20.6 Å². The highest BCUT2D eigenvalue weighted by molar-refractivity contribution is 6.02. The average Bonchev–Trinajstić information content (AvgIpc) is 3.23. The van der Waals surface area contributed by atoms with Gasteiger partial charge in [-0.05, 0) is 41.5 Å². The fourth-order valence-corrected chi connectivity index (χ4v) is 3.66. The zero-order valence-electron chi connectivity index (χ0n) is 17.3. The quantitative estimate of drug-likeness (QED) is 0.378. The van der Waals surface area contributed by atoms with Crippen LogP contribution in [0.5, 0.6) is 0 Å². The minimum Gasteiger partial charge on any atom is -0.351 e. The summed E-state index contributed by atoms with van der Waals surface area (Å²) in [6.07, 6.45) is 3.49. The number of hydrogen-bond acceptors (Lipinski definition) is 4. The topological polar surface area (TPSA) is 71.8 Å². The molecule has 2 N–H and O–H groups in total. The number of rotatable bonds is 5. The number of imidazole rings is 1. The van der Waals surface area contributed by atoms with Gasteiger partial charge in [-0.25, -0.2) is 14.3 Å². The van der Waals surface area contributed by atoms with E-state index >= 15 is 0 Å². The number of anilines is 2. The molecule has 2 heterocycles. The first-order valence-electron chi connectivity index (χ1n) is 10.4. The third-order valence-electron chi connectivity index (χ3n) is 5.22. The molecule has 5 rings (SSSR count). The van der Waals surface area contributed by atoms with Gasteiger partial charge in [-0.3, -0.25) is 4.98 Å². The summed E-state index contributed by atoms with van der Waals surface area (Å²) >= 11 is 0. The van der Waals surface area contributed by atoms with Gasteiger partial charge in [0.15, 0.2) is 0 Å². The summed E-state index contributed by atoms with van der Waals surface area (Å²) in [5.41, 5.74) is 5.26. The van der Waals surface area contributed by atoms with Crippen LogP contribution in [0.1, 0.15) is 5.56 Å². The number of hydrogen-bond donors (Lipinski definition) is 2. The molecule has 0 radical (unpaired) electrons. The zero-order valence-corrected chi connectivity index (χ0v) is 17.3. The molecule has 0 saturated carbocycles. The van der Waals surface area contributed by atoms with Gasteiger partial charge in [0.05, 0.1) is 16.7 Å². The smallest absolute Gasteiger partial charge is 0.333 e. The maximum atomic E-state index is 13.5. The molecule has 156 valence electrons. The summed E-state index contributed by atoms with van der Waals surface area (Å²) in [5, 5.41) is 6.37. The SMILES string of the molecule is O=C(Nc1ccccc1-c1ccccc1)n1c(NCc2ccncc2)nc2ccccc21. The van der Waals surface area contributed by atoms with Crippen molar-refractivity contribution in [3.8, 4) is 11.1 Å². The van der Waals surface area contributed by atoms with Gasteiger partial charge in [0.1, 0.15) is 0 Å². The number of aromatic nitrogens is 3. The van der Waals surface area contributed by atoms with Gasteiger partial charge in [0, 0.05) is 24.5 Å². The second kappa shape index (κ2) is 8.73. The highest BCUT2D eigenvalue weighted by Gasteiger charge is 2.18. The van der Waals surface area contributed by atoms with E-state index in [4.69, 9.17) is 0 Å². The lowest BCUT2D eigenvalue weighted by Crippen LogP contribution is -2.22. The number of fused-ring (bicyclic) bond motifs is 1. The van der Waals surface area contributed by atoms with Gasteiger partial charge in [-0.1, -0.05) is 60.7 Å². The number of carbonyl (C=O) groups is 1. The Balaban J connectivity index is 1.49. The lowest BCUT2D eigenvalue weighted by molar-refractivity contribution is 0.254. The zero-order chi connectivity index (χ0) is 21.8. The molecule has 6 nitrogen and oxygen atoms in total. The monoisotopic (exact) mass is 419 g/mol. The van der Waals surface area contributed by atoms with Crippen LogP contribution in [0, 0.1) is 0 Å². The van der Waals surface area contributed by atoms with E-state index in [0.29, 0.717) is 12.5 Å². The summed E-state index contributed by atoms with van der Waals surface area (Å²) in [6, 6.07) is 29.0. The number of nitrogens with one attached hydrogen (secondary N) is 2. The lowest BCUT2D eigenvalue weighted by Gasteiger charge is -2.14. The van der Waals surface area contributed by atoms with Gasteiger partial charge < -0.3 is 10.6 Å². The number of para-hydroxylation sites is 3. The molecule has 0 aliphatic heterocycles. The Morgan fingerprint density at radius 1 is 0.812 bits per heavy atom. The van der Waals surface area contributed by atoms with Crippen LogP contribution in [0.4, 0.5) is 16.4 Å². The molecule has 6 heteroatoms. The molecule has 32 heavy (non-hydrogen) atoms. The predicted octanol–water partition coefficient (Wildman–Crippen LogP) is 5.79. The van der Waals surface area contributed by atoms with E-state index in [0.717, 1.165) is 33.4 Å². The van der Waals surface area contributed by atoms with E-state index < -0.39 is 0 Å². The highest BCUT2D eigenvalue weighted by atomic mass is 16.2. The van der Waals surface area contributed by atoms with Crippen molar-refractivity contribution in [2.45, 2.75) is 6.54 Å². The Kier molecular flexibility index (Phi) is 5.32. The van der Waals surface area contributed by atoms with Crippen LogP contribution >= 0.6 is 0 Å². The molecular formula is C26H21N5O. The van der Waals surface area contributed by atoms with E-state index in [1.165, 1.54) is 0 Å². The van der Waals surface area contributed by atoms with Crippen LogP contribution < -0.4 is 10.6 Å². The van der Waals surface area contributed by atoms with Gasteiger partial charge in [-0.2, -0.15) is 0 Å². The molecular weight excluding hydrogens is 398 g/mol. The van der Waals surface area contributed by atoms with Gasteiger partial charge >= 0.3 is 6.03 Å². The van der Waals surface area contributed by atoms with Crippen molar-refractivity contribution in [2.24, 2.45) is 0 Å². The Morgan fingerprint density at radius 3 is 2.38 bits per heavy atom. The molecule has 0 fully saturated rings. The largest absolute Gasteiger partial charge is 0.351 e. The summed E-state index contributed by atoms with van der Waals surface area (Å²) in [6.45, 7) is 0.528. The maximum absolute atomic E-state index is 13.5. The molecule has 0 spiro atoms. The molecule has 0 aliphatic rings. The van der Waals surface area contributed by atoms with E-state index in [1.54, 1.807) is 17.0 Å². The molecule has 1 amide bonds. The van der Waals surface area contributed by atoms with Crippen molar-refractivity contribution >= 4 is 28.7 Å². The molecule has 2 aromatic heterocycles. The number of carbonyl (C=O) groups excluding carboxylic acids is 1. The fourth-order valence-electron chi connectivity index (χ4n) is 3.66. The molecule has 0 atom stereocenters. The summed E-state index contributed by atoms with van der Waals surface area (Å²) in [5.74, 6) is 0.484. The highest BCUT2D eigenvalue weighted by Crippen LogP contribution is 2.28. The second-order valence-electron chi connectivity index (χ2n) is 7.31. The first-order chi connectivity index (χ1) is 15.8. The molecule has 0 bridgehead atoms. The van der Waals surface area contributed by atoms with Crippen LogP contribution in [-0.4, -0.2) is 20.6 Å². The van der Waals surface area contributed by atoms with Crippen LogP contribution in [0.15, 0.2) is 103 Å². The molecule has 0 unspecified atom stereocenters. The number of pyridine rings is 1. The summed E-state index contributed by atoms with van der Waals surface area (Å²) < 4.78 is 1.58. The Morgan fingerprint density at radius 2 is 1.53 bits per heavy atom. The number of amides is 1. The fraction of sp³-hybridized carbons (Fsp3) is 0.0385. The Bertz CT molecular complexity index is 1360. The van der Waals surface area contributed by atoms with Crippen molar-refractivity contribution in [1.82, 2.24) is 14.5 Å². The summed E-state index contributed by atoms with van der Waals surface area (Å²) in [7, 11) is 0. The molecule has 5 aromatic rings. The first-order valence-corrected chi connectivity index (χ1v) is 10.4. The number of nitrogens with zero attached hydrogens (tertiary/aromatic N) is 3. The normalized spacial score (nSPS) is 10.8. The van der Waals surface area contributed by atoms with Crippen LogP contribution in [-0.2, 0) is 6.54 Å². The molecule has 3 aromatic carbocycles.